The molecule has 1 N–H and O–H groups in total. The zero-order chi connectivity index (χ0) is 18.8. The largest absolute Gasteiger partial charge is 0.340 e. The van der Waals surface area contributed by atoms with Crippen LogP contribution >= 0.6 is 11.6 Å². The molecule has 0 spiro atoms. The minimum atomic E-state index is -0.333. The van der Waals surface area contributed by atoms with Crippen molar-refractivity contribution in [2.75, 3.05) is 21.1 Å². The quantitative estimate of drug-likeness (QED) is 0.743. The van der Waals surface area contributed by atoms with E-state index in [4.69, 9.17) is 11.6 Å². The topological polar surface area (TPSA) is 52.2 Å². The van der Waals surface area contributed by atoms with E-state index < -0.39 is 0 Å². The predicted molar refractivity (Wildman–Crippen MR) is 105 cm³/mol. The Morgan fingerprint density at radius 3 is 2.62 bits per heavy atom. The molecular formula is C20H23ClN4O. The molecule has 1 aromatic heterocycles. The molecule has 0 saturated heterocycles. The Hall–Kier alpha value is -2.37. The number of H-pyrrole nitrogens is 1. The summed E-state index contributed by atoms with van der Waals surface area (Å²) in [4.78, 5) is 24.6. The summed E-state index contributed by atoms with van der Waals surface area (Å²) in [5.41, 5.74) is 3.83. The van der Waals surface area contributed by atoms with Crippen molar-refractivity contribution in [3.63, 3.8) is 0 Å². The highest BCUT2D eigenvalue weighted by atomic mass is 35.5. The maximum Gasteiger partial charge on any atom is 0.244 e. The Morgan fingerprint density at radius 1 is 1.19 bits per heavy atom. The zero-order valence-corrected chi connectivity index (χ0v) is 16.2. The van der Waals surface area contributed by atoms with Gasteiger partial charge in [0.25, 0.3) is 0 Å². The van der Waals surface area contributed by atoms with Crippen molar-refractivity contribution >= 4 is 28.5 Å². The average molecular weight is 371 g/mol. The molecule has 0 unspecified atom stereocenters. The molecule has 0 aliphatic heterocycles. The molecule has 1 atom stereocenters. The first-order valence-electron chi connectivity index (χ1n) is 8.48. The maximum absolute atomic E-state index is 13.1. The van der Waals surface area contributed by atoms with Crippen LogP contribution in [0.25, 0.3) is 11.0 Å². The normalized spacial score (nSPS) is 12.5. The Bertz CT molecular complexity index is 934. The van der Waals surface area contributed by atoms with E-state index in [9.17, 15) is 4.79 Å². The van der Waals surface area contributed by atoms with Crippen LogP contribution in [0.5, 0.6) is 0 Å². The second-order valence-electron chi connectivity index (χ2n) is 6.76. The fraction of sp³-hybridized carbons (Fsp3) is 0.300. The number of imidazole rings is 1. The summed E-state index contributed by atoms with van der Waals surface area (Å²) in [7, 11) is 5.65. The molecule has 6 heteroatoms. The van der Waals surface area contributed by atoms with Gasteiger partial charge in [-0.1, -0.05) is 35.9 Å². The van der Waals surface area contributed by atoms with Crippen molar-refractivity contribution < 1.29 is 4.79 Å². The maximum atomic E-state index is 13.1. The highest BCUT2D eigenvalue weighted by Crippen LogP contribution is 2.24. The first kappa shape index (κ1) is 18.4. The molecule has 0 bridgehead atoms. The van der Waals surface area contributed by atoms with Crippen LogP contribution in [0.4, 0.5) is 0 Å². The summed E-state index contributed by atoms with van der Waals surface area (Å²) in [5.74, 6) is 0.767. The Labute approximate surface area is 158 Å². The third-order valence-electron chi connectivity index (χ3n) is 4.49. The number of aromatic nitrogens is 2. The molecule has 26 heavy (non-hydrogen) atoms. The van der Waals surface area contributed by atoms with Gasteiger partial charge in [0, 0.05) is 12.1 Å². The molecule has 0 aliphatic rings. The van der Waals surface area contributed by atoms with Gasteiger partial charge in [0.2, 0.25) is 5.91 Å². The molecule has 0 saturated carbocycles. The monoisotopic (exact) mass is 370 g/mol. The van der Waals surface area contributed by atoms with Crippen LogP contribution < -0.4 is 0 Å². The molecule has 0 aliphatic carbocycles. The number of benzene rings is 2. The Kier molecular flexibility index (Phi) is 5.30. The van der Waals surface area contributed by atoms with Crippen molar-refractivity contribution in [1.29, 1.82) is 0 Å². The van der Waals surface area contributed by atoms with Crippen LogP contribution in [0, 0.1) is 6.92 Å². The molecule has 0 radical (unpaired) electrons. The number of carbonyl (C=O) groups excluding carboxylic acids is 1. The third-order valence-corrected chi connectivity index (χ3v) is 4.72. The van der Waals surface area contributed by atoms with Crippen molar-refractivity contribution in [3.8, 4) is 0 Å². The van der Waals surface area contributed by atoms with Crippen molar-refractivity contribution in [3.05, 3.63) is 64.4 Å². The fourth-order valence-electron chi connectivity index (χ4n) is 3.15. The second-order valence-corrected chi connectivity index (χ2v) is 7.20. The van der Waals surface area contributed by atoms with Gasteiger partial charge in [0.15, 0.2) is 0 Å². The van der Waals surface area contributed by atoms with Crippen LogP contribution in [0.3, 0.4) is 0 Å². The number of nitrogens with zero attached hydrogens (tertiary/aromatic N) is 3. The number of nitrogens with one attached hydrogen (secondary N) is 1. The SMILES string of the molecule is Cc1ccccc1[C@H](C(=O)N(C)Cc1nc2ccc(Cl)cc2[nH]1)N(C)C. The van der Waals surface area contributed by atoms with Gasteiger partial charge in [-0.25, -0.2) is 4.98 Å². The van der Waals surface area contributed by atoms with E-state index in [-0.39, 0.29) is 11.9 Å². The van der Waals surface area contributed by atoms with E-state index in [2.05, 4.69) is 9.97 Å². The van der Waals surface area contributed by atoms with Crippen molar-refractivity contribution in [2.24, 2.45) is 0 Å². The lowest BCUT2D eigenvalue weighted by atomic mass is 9.99. The number of aromatic amines is 1. The predicted octanol–water partition coefficient (Wildman–Crippen LogP) is 3.79. The Morgan fingerprint density at radius 2 is 1.92 bits per heavy atom. The van der Waals surface area contributed by atoms with E-state index in [1.807, 2.05) is 68.4 Å². The molecule has 0 fully saturated rings. The smallest absolute Gasteiger partial charge is 0.244 e. The Balaban J connectivity index is 1.83. The minimum absolute atomic E-state index is 0.0304. The summed E-state index contributed by atoms with van der Waals surface area (Å²) in [5, 5.41) is 0.657. The van der Waals surface area contributed by atoms with Gasteiger partial charge in [0.05, 0.1) is 17.6 Å². The molecule has 136 valence electrons. The standard InChI is InChI=1S/C20H23ClN4O/c1-13-7-5-6-8-15(13)19(24(2)3)20(26)25(4)12-18-22-16-10-9-14(21)11-17(16)23-18/h5-11,19H,12H2,1-4H3,(H,22,23)/t19-/m1/s1. The highest BCUT2D eigenvalue weighted by molar-refractivity contribution is 6.31. The van der Waals surface area contributed by atoms with E-state index in [0.29, 0.717) is 11.6 Å². The lowest BCUT2D eigenvalue weighted by Crippen LogP contribution is -2.38. The van der Waals surface area contributed by atoms with Gasteiger partial charge in [-0.3, -0.25) is 9.69 Å². The van der Waals surface area contributed by atoms with E-state index >= 15 is 0 Å². The first-order valence-corrected chi connectivity index (χ1v) is 8.85. The van der Waals surface area contributed by atoms with Crippen LogP contribution in [-0.4, -0.2) is 46.8 Å². The van der Waals surface area contributed by atoms with Gasteiger partial charge in [-0.15, -0.1) is 0 Å². The number of fused-ring (bicyclic) bond motifs is 1. The van der Waals surface area contributed by atoms with Crippen molar-refractivity contribution in [2.45, 2.75) is 19.5 Å². The van der Waals surface area contributed by atoms with E-state index in [1.165, 1.54) is 0 Å². The van der Waals surface area contributed by atoms with Crippen LogP contribution in [0.2, 0.25) is 5.02 Å². The van der Waals surface area contributed by atoms with Gasteiger partial charge in [0.1, 0.15) is 11.9 Å². The number of likely N-dealkylation sites (N-methyl/N-ethyl adjacent to an activating group) is 2. The summed E-state index contributed by atoms with van der Waals surface area (Å²) in [6.07, 6.45) is 0. The fourth-order valence-corrected chi connectivity index (χ4v) is 3.32. The first-order chi connectivity index (χ1) is 12.4. The number of aryl methyl sites for hydroxylation is 1. The van der Waals surface area contributed by atoms with Gasteiger partial charge in [-0.05, 0) is 50.3 Å². The van der Waals surface area contributed by atoms with Crippen LogP contribution in [-0.2, 0) is 11.3 Å². The van der Waals surface area contributed by atoms with Gasteiger partial charge < -0.3 is 9.88 Å². The molecule has 3 aromatic rings. The lowest BCUT2D eigenvalue weighted by Gasteiger charge is -2.29. The second kappa shape index (κ2) is 7.48. The summed E-state index contributed by atoms with van der Waals surface area (Å²) in [6, 6.07) is 13.2. The number of amides is 1. The number of carbonyl (C=O) groups is 1. The number of rotatable bonds is 5. The third kappa shape index (κ3) is 3.74. The number of hydrogen-bond acceptors (Lipinski definition) is 3. The number of hydrogen-bond donors (Lipinski definition) is 1. The molecule has 1 amide bonds. The summed E-state index contributed by atoms with van der Waals surface area (Å²) >= 11 is 6.03. The molecule has 2 aromatic carbocycles. The zero-order valence-electron chi connectivity index (χ0n) is 15.5. The molecule has 3 rings (SSSR count). The van der Waals surface area contributed by atoms with Crippen LogP contribution in [0.15, 0.2) is 42.5 Å². The molecule has 5 nitrogen and oxygen atoms in total. The van der Waals surface area contributed by atoms with Gasteiger partial charge in [-0.2, -0.15) is 0 Å². The average Bonchev–Trinajstić information content (AvgIpc) is 2.97. The van der Waals surface area contributed by atoms with Crippen molar-refractivity contribution in [1.82, 2.24) is 19.8 Å². The highest BCUT2D eigenvalue weighted by Gasteiger charge is 2.27. The minimum Gasteiger partial charge on any atom is -0.340 e. The molecular weight excluding hydrogens is 348 g/mol. The van der Waals surface area contributed by atoms with Gasteiger partial charge >= 0.3 is 0 Å². The number of halogens is 1. The van der Waals surface area contributed by atoms with E-state index in [0.717, 1.165) is 28.0 Å². The molecule has 1 heterocycles. The summed E-state index contributed by atoms with van der Waals surface area (Å²) < 4.78 is 0. The lowest BCUT2D eigenvalue weighted by molar-refractivity contribution is -0.135. The summed E-state index contributed by atoms with van der Waals surface area (Å²) in [6.45, 7) is 2.43. The van der Waals surface area contributed by atoms with Crippen LogP contribution in [0.1, 0.15) is 23.0 Å². The van der Waals surface area contributed by atoms with E-state index in [1.54, 1.807) is 11.9 Å².